The minimum atomic E-state index is -0.817. The molecule has 0 aliphatic carbocycles. The Morgan fingerprint density at radius 1 is 0.686 bits per heavy atom. The zero-order chi connectivity index (χ0) is 36.1. The number of para-hydroxylation sites is 1. The minimum absolute atomic E-state index is 0.0777. The number of nitrogens with one attached hydrogen (secondary N) is 1. The van der Waals surface area contributed by atoms with E-state index in [1.54, 1.807) is 29.2 Å². The maximum atomic E-state index is 12.6. The number of nitrogens with zero attached hydrogens (tertiary/aromatic N) is 2. The zero-order valence-corrected chi connectivity index (χ0v) is 28.9. The first-order valence-corrected chi connectivity index (χ1v) is 17.7. The number of unbranched alkanes of at least 4 members (excludes halogenated alkanes) is 9. The molecule has 1 heterocycles. The summed E-state index contributed by atoms with van der Waals surface area (Å²) < 4.78 is 26.9. The lowest BCUT2D eigenvalue weighted by Gasteiger charge is -2.30. The Hall–Kier alpha value is -5.33. The summed E-state index contributed by atoms with van der Waals surface area (Å²) >= 11 is 0. The van der Waals surface area contributed by atoms with Gasteiger partial charge in [-0.25, -0.2) is 14.4 Å². The first kappa shape index (κ1) is 38.5. The SMILES string of the molecule is O=C(NCCCCCCCCCCCCOC(=O)Oc1ccc([N+](=O)[O-])cc1)OC1CCN(C(=O)Oc2ccc(Oc3ccccc3)cc2)CC1. The van der Waals surface area contributed by atoms with Crippen LogP contribution in [0.1, 0.15) is 77.0 Å². The van der Waals surface area contributed by atoms with E-state index >= 15 is 0 Å². The topological polar surface area (TPSA) is 156 Å². The Morgan fingerprint density at radius 3 is 1.84 bits per heavy atom. The summed E-state index contributed by atoms with van der Waals surface area (Å²) in [6.45, 7) is 1.74. The Morgan fingerprint density at radius 2 is 1.22 bits per heavy atom. The molecule has 0 bridgehead atoms. The number of ether oxygens (including phenoxy) is 5. The molecule has 4 rings (SSSR count). The fraction of sp³-hybridized carbons (Fsp3) is 0.447. The van der Waals surface area contributed by atoms with Crippen LogP contribution in [-0.4, -0.2) is 60.5 Å². The van der Waals surface area contributed by atoms with Crippen LogP contribution in [0.3, 0.4) is 0 Å². The third-order valence-electron chi connectivity index (χ3n) is 8.29. The van der Waals surface area contributed by atoms with Gasteiger partial charge >= 0.3 is 18.3 Å². The predicted octanol–water partition coefficient (Wildman–Crippen LogP) is 9.19. The summed E-state index contributed by atoms with van der Waals surface area (Å²) in [6, 6.07) is 21.6. The smallest absolute Gasteiger partial charge is 0.457 e. The van der Waals surface area contributed by atoms with Gasteiger partial charge in [0.15, 0.2) is 0 Å². The number of carbonyl (C=O) groups excluding carboxylic acids is 3. The van der Waals surface area contributed by atoms with Gasteiger partial charge in [-0.3, -0.25) is 10.1 Å². The summed E-state index contributed by atoms with van der Waals surface area (Å²) in [5.41, 5.74) is -0.0777. The lowest BCUT2D eigenvalue weighted by molar-refractivity contribution is -0.384. The predicted molar refractivity (Wildman–Crippen MR) is 189 cm³/mol. The number of nitro groups is 1. The molecule has 0 spiro atoms. The molecule has 3 aromatic rings. The van der Waals surface area contributed by atoms with Gasteiger partial charge in [0.25, 0.3) is 5.69 Å². The summed E-state index contributed by atoms with van der Waals surface area (Å²) in [5.74, 6) is 2.00. The van der Waals surface area contributed by atoms with Crippen LogP contribution in [0.4, 0.5) is 20.1 Å². The van der Waals surface area contributed by atoms with Crippen LogP contribution in [0.15, 0.2) is 78.9 Å². The number of hydrogen-bond donors (Lipinski definition) is 1. The number of piperidine rings is 1. The van der Waals surface area contributed by atoms with Crippen molar-refractivity contribution in [1.82, 2.24) is 10.2 Å². The molecule has 0 aromatic heterocycles. The van der Waals surface area contributed by atoms with Crippen LogP contribution in [0.2, 0.25) is 0 Å². The average molecular weight is 706 g/mol. The highest BCUT2D eigenvalue weighted by Crippen LogP contribution is 2.25. The highest BCUT2D eigenvalue weighted by atomic mass is 16.7. The van der Waals surface area contributed by atoms with Crippen molar-refractivity contribution in [2.24, 2.45) is 0 Å². The molecule has 0 radical (unpaired) electrons. The van der Waals surface area contributed by atoms with E-state index in [-0.39, 0.29) is 24.1 Å². The van der Waals surface area contributed by atoms with Crippen LogP contribution < -0.4 is 19.5 Å². The van der Waals surface area contributed by atoms with E-state index in [4.69, 9.17) is 23.7 Å². The van der Waals surface area contributed by atoms with Crippen LogP contribution in [-0.2, 0) is 9.47 Å². The van der Waals surface area contributed by atoms with E-state index in [9.17, 15) is 24.5 Å². The van der Waals surface area contributed by atoms with Gasteiger partial charge in [-0.05, 0) is 61.4 Å². The maximum absolute atomic E-state index is 12.6. The van der Waals surface area contributed by atoms with Crippen LogP contribution in [0, 0.1) is 10.1 Å². The number of nitro benzene ring substituents is 1. The molecule has 1 N–H and O–H groups in total. The molecule has 13 nitrogen and oxygen atoms in total. The van der Waals surface area contributed by atoms with Crippen molar-refractivity contribution in [2.75, 3.05) is 26.2 Å². The fourth-order valence-electron chi connectivity index (χ4n) is 5.46. The molecule has 1 aliphatic rings. The minimum Gasteiger partial charge on any atom is -0.457 e. The van der Waals surface area contributed by atoms with Crippen molar-refractivity contribution in [2.45, 2.75) is 83.2 Å². The summed E-state index contributed by atoms with van der Waals surface area (Å²) in [6.07, 6.45) is 9.63. The lowest BCUT2D eigenvalue weighted by Crippen LogP contribution is -2.43. The van der Waals surface area contributed by atoms with Crippen molar-refractivity contribution < 1.29 is 43.0 Å². The summed E-state index contributed by atoms with van der Waals surface area (Å²) in [7, 11) is 0. The fourth-order valence-corrected chi connectivity index (χ4v) is 5.46. The van der Waals surface area contributed by atoms with Crippen molar-refractivity contribution in [3.05, 3.63) is 89.0 Å². The zero-order valence-electron chi connectivity index (χ0n) is 28.9. The highest BCUT2D eigenvalue weighted by Gasteiger charge is 2.26. The van der Waals surface area contributed by atoms with E-state index in [1.807, 2.05) is 30.3 Å². The van der Waals surface area contributed by atoms with Gasteiger partial charge in [0, 0.05) is 44.6 Å². The van der Waals surface area contributed by atoms with Gasteiger partial charge in [0.05, 0.1) is 11.5 Å². The van der Waals surface area contributed by atoms with Crippen LogP contribution in [0.25, 0.3) is 0 Å². The number of alkyl carbamates (subject to hydrolysis) is 1. The molecule has 1 fully saturated rings. The van der Waals surface area contributed by atoms with E-state index in [1.165, 1.54) is 24.3 Å². The molecule has 51 heavy (non-hydrogen) atoms. The second kappa shape index (κ2) is 21.7. The lowest BCUT2D eigenvalue weighted by atomic mass is 10.1. The number of amides is 2. The molecule has 274 valence electrons. The normalized spacial score (nSPS) is 12.8. The average Bonchev–Trinajstić information content (AvgIpc) is 3.13. The van der Waals surface area contributed by atoms with E-state index in [2.05, 4.69) is 5.32 Å². The number of non-ortho nitro benzene ring substituents is 1. The van der Waals surface area contributed by atoms with Crippen molar-refractivity contribution in [3.63, 3.8) is 0 Å². The van der Waals surface area contributed by atoms with Gasteiger partial charge in [-0.15, -0.1) is 0 Å². The van der Waals surface area contributed by atoms with Gasteiger partial charge in [-0.1, -0.05) is 69.6 Å². The molecule has 2 amide bonds. The number of hydrogen-bond acceptors (Lipinski definition) is 10. The van der Waals surface area contributed by atoms with Crippen molar-refractivity contribution >= 4 is 24.0 Å². The van der Waals surface area contributed by atoms with Crippen LogP contribution >= 0.6 is 0 Å². The summed E-state index contributed by atoms with van der Waals surface area (Å²) in [5, 5.41) is 13.5. The third kappa shape index (κ3) is 15.0. The standard InChI is InChI=1S/C38H47N3O10/c42-36(49-35-24-27-40(28-25-35)37(43)50-33-22-20-32(21-23-33)48-31-14-10-9-11-15-31)39-26-12-7-5-3-1-2-4-6-8-13-29-47-38(44)51-34-18-16-30(17-19-34)41(45)46/h9-11,14-23,35H,1-8,12-13,24-29H2,(H,39,42). The maximum Gasteiger partial charge on any atom is 0.513 e. The Labute approximate surface area is 298 Å². The van der Waals surface area contributed by atoms with Gasteiger partial charge in [0.2, 0.25) is 0 Å². The second-order valence-corrected chi connectivity index (χ2v) is 12.3. The second-order valence-electron chi connectivity index (χ2n) is 12.3. The van der Waals surface area contributed by atoms with Crippen LogP contribution in [0.5, 0.6) is 23.0 Å². The Balaban J connectivity index is 0.917. The van der Waals surface area contributed by atoms with E-state index in [0.29, 0.717) is 44.0 Å². The Kier molecular flexibility index (Phi) is 16.4. The van der Waals surface area contributed by atoms with Gasteiger partial charge in [-0.2, -0.15) is 0 Å². The highest BCUT2D eigenvalue weighted by molar-refractivity contribution is 5.71. The number of benzene rings is 3. The summed E-state index contributed by atoms with van der Waals surface area (Å²) in [4.78, 5) is 48.4. The molecular formula is C38H47N3O10. The molecule has 0 atom stereocenters. The Bertz CT molecular complexity index is 1490. The molecule has 3 aromatic carbocycles. The first-order valence-electron chi connectivity index (χ1n) is 17.7. The van der Waals surface area contributed by atoms with Crippen molar-refractivity contribution in [3.8, 4) is 23.0 Å². The van der Waals surface area contributed by atoms with E-state index in [0.717, 1.165) is 70.0 Å². The van der Waals surface area contributed by atoms with E-state index < -0.39 is 23.3 Å². The molecular weight excluding hydrogens is 658 g/mol. The first-order chi connectivity index (χ1) is 24.9. The molecule has 0 unspecified atom stereocenters. The molecule has 1 aliphatic heterocycles. The monoisotopic (exact) mass is 705 g/mol. The number of carbonyl (C=O) groups is 3. The molecule has 1 saturated heterocycles. The number of likely N-dealkylation sites (tertiary alicyclic amines) is 1. The van der Waals surface area contributed by atoms with Gasteiger partial charge < -0.3 is 33.9 Å². The molecule has 13 heteroatoms. The molecule has 0 saturated carbocycles. The van der Waals surface area contributed by atoms with Crippen molar-refractivity contribution in [1.29, 1.82) is 0 Å². The number of rotatable bonds is 19. The quantitative estimate of drug-likeness (QED) is 0.0419. The van der Waals surface area contributed by atoms with Gasteiger partial charge in [0.1, 0.15) is 29.1 Å². The largest absolute Gasteiger partial charge is 0.513 e. The third-order valence-corrected chi connectivity index (χ3v) is 8.29.